The SMILES string of the molecule is Cc1ccc(NCC(O)COCc2ccco2)c(Br)c1. The first-order valence-electron chi connectivity index (χ1n) is 6.43. The summed E-state index contributed by atoms with van der Waals surface area (Å²) in [5, 5.41) is 13.0. The van der Waals surface area contributed by atoms with Gasteiger partial charge in [-0.25, -0.2) is 0 Å². The third-order valence-corrected chi connectivity index (χ3v) is 3.44. The number of aliphatic hydroxyl groups is 1. The summed E-state index contributed by atoms with van der Waals surface area (Å²) in [4.78, 5) is 0. The van der Waals surface area contributed by atoms with Gasteiger partial charge in [0.15, 0.2) is 0 Å². The highest BCUT2D eigenvalue weighted by molar-refractivity contribution is 9.10. The summed E-state index contributed by atoms with van der Waals surface area (Å²) in [5.74, 6) is 0.756. The Morgan fingerprint density at radius 3 is 2.95 bits per heavy atom. The number of nitrogens with one attached hydrogen (secondary N) is 1. The maximum Gasteiger partial charge on any atom is 0.129 e. The molecule has 0 amide bonds. The fourth-order valence-electron chi connectivity index (χ4n) is 1.74. The highest BCUT2D eigenvalue weighted by atomic mass is 79.9. The van der Waals surface area contributed by atoms with Gasteiger partial charge in [-0.3, -0.25) is 0 Å². The summed E-state index contributed by atoms with van der Waals surface area (Å²) in [6.45, 7) is 3.10. The summed E-state index contributed by atoms with van der Waals surface area (Å²) in [5.41, 5.74) is 2.14. The van der Waals surface area contributed by atoms with E-state index in [-0.39, 0.29) is 6.61 Å². The average molecular weight is 340 g/mol. The van der Waals surface area contributed by atoms with Crippen molar-refractivity contribution < 1.29 is 14.3 Å². The van der Waals surface area contributed by atoms with Gasteiger partial charge in [0.1, 0.15) is 12.4 Å². The van der Waals surface area contributed by atoms with Crippen LogP contribution in [0, 0.1) is 6.92 Å². The Bertz CT molecular complexity index is 528. The monoisotopic (exact) mass is 339 g/mol. The molecule has 2 rings (SSSR count). The first-order valence-corrected chi connectivity index (χ1v) is 7.22. The van der Waals surface area contributed by atoms with Crippen LogP contribution in [0.5, 0.6) is 0 Å². The van der Waals surface area contributed by atoms with Crippen LogP contribution in [-0.2, 0) is 11.3 Å². The lowest BCUT2D eigenvalue weighted by molar-refractivity contribution is 0.0282. The molecule has 0 saturated carbocycles. The van der Waals surface area contributed by atoms with Crippen molar-refractivity contribution in [2.45, 2.75) is 19.6 Å². The molecule has 1 atom stereocenters. The molecule has 4 nitrogen and oxygen atoms in total. The van der Waals surface area contributed by atoms with Crippen LogP contribution in [0.25, 0.3) is 0 Å². The van der Waals surface area contributed by atoms with E-state index in [0.717, 1.165) is 15.9 Å². The predicted molar refractivity (Wildman–Crippen MR) is 81.7 cm³/mol. The molecule has 0 radical (unpaired) electrons. The minimum atomic E-state index is -0.571. The second-order valence-corrected chi connectivity index (χ2v) is 5.47. The molecule has 1 unspecified atom stereocenters. The summed E-state index contributed by atoms with van der Waals surface area (Å²) < 4.78 is 11.5. The summed E-state index contributed by atoms with van der Waals surface area (Å²) >= 11 is 3.49. The maximum absolute atomic E-state index is 9.85. The Hall–Kier alpha value is -1.30. The quantitative estimate of drug-likeness (QED) is 0.812. The molecule has 0 aliphatic rings. The number of ether oxygens (including phenoxy) is 1. The van der Waals surface area contributed by atoms with E-state index in [1.165, 1.54) is 5.56 Å². The molecular formula is C15H18BrNO3. The maximum atomic E-state index is 9.85. The lowest BCUT2D eigenvalue weighted by atomic mass is 10.2. The van der Waals surface area contributed by atoms with Crippen molar-refractivity contribution in [1.82, 2.24) is 0 Å². The van der Waals surface area contributed by atoms with E-state index < -0.39 is 6.10 Å². The van der Waals surface area contributed by atoms with Gasteiger partial charge >= 0.3 is 0 Å². The lowest BCUT2D eigenvalue weighted by Crippen LogP contribution is -2.24. The minimum Gasteiger partial charge on any atom is -0.467 e. The fourth-order valence-corrected chi connectivity index (χ4v) is 2.37. The molecule has 2 aromatic rings. The topological polar surface area (TPSA) is 54.6 Å². The van der Waals surface area contributed by atoms with Gasteiger partial charge in [0.25, 0.3) is 0 Å². The van der Waals surface area contributed by atoms with Gasteiger partial charge in [-0.2, -0.15) is 0 Å². The zero-order chi connectivity index (χ0) is 14.4. The summed E-state index contributed by atoms with van der Waals surface area (Å²) in [7, 11) is 0. The Morgan fingerprint density at radius 1 is 1.40 bits per heavy atom. The Kier molecular flexibility index (Phi) is 5.64. The number of aliphatic hydroxyl groups excluding tert-OH is 1. The predicted octanol–water partition coefficient (Wildman–Crippen LogP) is 3.34. The Balaban J connectivity index is 1.70. The number of aryl methyl sites for hydroxylation is 1. The molecular weight excluding hydrogens is 322 g/mol. The molecule has 1 aromatic heterocycles. The smallest absolute Gasteiger partial charge is 0.129 e. The highest BCUT2D eigenvalue weighted by Gasteiger charge is 2.06. The van der Waals surface area contributed by atoms with Crippen LogP contribution >= 0.6 is 15.9 Å². The van der Waals surface area contributed by atoms with Gasteiger partial charge in [0.05, 0.1) is 19.0 Å². The van der Waals surface area contributed by atoms with E-state index in [0.29, 0.717) is 13.2 Å². The van der Waals surface area contributed by atoms with Crippen molar-refractivity contribution in [2.75, 3.05) is 18.5 Å². The van der Waals surface area contributed by atoms with Crippen molar-refractivity contribution in [1.29, 1.82) is 0 Å². The summed E-state index contributed by atoms with van der Waals surface area (Å²) in [6.07, 6.45) is 1.03. The van der Waals surface area contributed by atoms with E-state index >= 15 is 0 Å². The molecule has 108 valence electrons. The molecule has 2 N–H and O–H groups in total. The molecule has 5 heteroatoms. The van der Waals surface area contributed by atoms with Crippen LogP contribution in [0.3, 0.4) is 0 Å². The van der Waals surface area contributed by atoms with Gasteiger partial charge in [-0.1, -0.05) is 6.07 Å². The number of rotatable bonds is 7. The van der Waals surface area contributed by atoms with E-state index in [2.05, 4.69) is 21.2 Å². The molecule has 0 spiro atoms. The molecule has 0 bridgehead atoms. The molecule has 1 heterocycles. The Morgan fingerprint density at radius 2 is 2.25 bits per heavy atom. The van der Waals surface area contributed by atoms with Crippen LogP contribution in [0.1, 0.15) is 11.3 Å². The van der Waals surface area contributed by atoms with Crippen LogP contribution < -0.4 is 5.32 Å². The molecule has 0 aliphatic heterocycles. The van der Waals surface area contributed by atoms with Gasteiger partial charge in [-0.15, -0.1) is 0 Å². The van der Waals surface area contributed by atoms with E-state index in [1.54, 1.807) is 6.26 Å². The molecule has 0 saturated heterocycles. The second kappa shape index (κ2) is 7.47. The third kappa shape index (κ3) is 4.67. The first-order chi connectivity index (χ1) is 9.65. The van der Waals surface area contributed by atoms with Gasteiger partial charge in [-0.05, 0) is 52.7 Å². The van der Waals surface area contributed by atoms with Crippen molar-refractivity contribution >= 4 is 21.6 Å². The molecule has 1 aromatic carbocycles. The van der Waals surface area contributed by atoms with Crippen LogP contribution in [0.4, 0.5) is 5.69 Å². The van der Waals surface area contributed by atoms with Crippen LogP contribution in [0.15, 0.2) is 45.5 Å². The lowest BCUT2D eigenvalue weighted by Gasteiger charge is -2.14. The number of hydrogen-bond donors (Lipinski definition) is 2. The van der Waals surface area contributed by atoms with E-state index in [9.17, 15) is 5.11 Å². The van der Waals surface area contributed by atoms with Crippen molar-refractivity contribution in [3.05, 3.63) is 52.4 Å². The number of hydrogen-bond acceptors (Lipinski definition) is 4. The van der Waals surface area contributed by atoms with Gasteiger partial charge < -0.3 is 19.6 Å². The van der Waals surface area contributed by atoms with Crippen LogP contribution in [0.2, 0.25) is 0 Å². The van der Waals surface area contributed by atoms with E-state index in [4.69, 9.17) is 9.15 Å². The normalized spacial score (nSPS) is 12.3. The third-order valence-electron chi connectivity index (χ3n) is 2.79. The zero-order valence-electron chi connectivity index (χ0n) is 11.3. The first kappa shape index (κ1) is 15.1. The number of benzene rings is 1. The van der Waals surface area contributed by atoms with Crippen molar-refractivity contribution in [3.8, 4) is 0 Å². The standard InChI is InChI=1S/C15H18BrNO3/c1-11-4-5-15(14(16)7-11)17-8-12(18)9-19-10-13-3-2-6-20-13/h2-7,12,17-18H,8-10H2,1H3. The van der Waals surface area contributed by atoms with Crippen molar-refractivity contribution in [3.63, 3.8) is 0 Å². The molecule has 0 fully saturated rings. The minimum absolute atomic E-state index is 0.261. The Labute approximate surface area is 126 Å². The number of halogens is 1. The van der Waals surface area contributed by atoms with Gasteiger partial charge in [0.2, 0.25) is 0 Å². The van der Waals surface area contributed by atoms with Crippen molar-refractivity contribution in [2.24, 2.45) is 0 Å². The van der Waals surface area contributed by atoms with E-state index in [1.807, 2.05) is 37.3 Å². The van der Waals surface area contributed by atoms with Gasteiger partial charge in [0, 0.05) is 16.7 Å². The highest BCUT2D eigenvalue weighted by Crippen LogP contribution is 2.23. The summed E-state index contributed by atoms with van der Waals surface area (Å²) in [6, 6.07) is 9.69. The number of anilines is 1. The fraction of sp³-hybridized carbons (Fsp3) is 0.333. The second-order valence-electron chi connectivity index (χ2n) is 4.61. The van der Waals surface area contributed by atoms with Crippen LogP contribution in [-0.4, -0.2) is 24.4 Å². The largest absolute Gasteiger partial charge is 0.467 e. The zero-order valence-corrected chi connectivity index (χ0v) is 12.9. The number of furan rings is 1. The molecule has 20 heavy (non-hydrogen) atoms. The average Bonchev–Trinajstić information content (AvgIpc) is 2.91. The molecule has 0 aliphatic carbocycles.